The monoisotopic (exact) mass is 551 g/mol. The van der Waals surface area contributed by atoms with E-state index in [2.05, 4.69) is 15.3 Å². The number of rotatable bonds is 10. The minimum absolute atomic E-state index is 0.137. The molecule has 2 heterocycles. The average Bonchev–Trinajstić information content (AvgIpc) is 3.19. The van der Waals surface area contributed by atoms with E-state index in [-0.39, 0.29) is 12.1 Å². The number of carboxylic acids is 1. The molecule has 8 nitrogen and oxygen atoms in total. The number of nitrogens with one attached hydrogen (secondary N) is 1. The summed E-state index contributed by atoms with van der Waals surface area (Å²) in [5, 5.41) is 13.9. The van der Waals surface area contributed by atoms with Gasteiger partial charge in [0.05, 0.1) is 24.1 Å². The second-order valence-corrected chi connectivity index (χ2v) is 11.3. The van der Waals surface area contributed by atoms with E-state index >= 15 is 0 Å². The third kappa shape index (κ3) is 4.67. The lowest BCUT2D eigenvalue weighted by Gasteiger charge is -2.62. The third-order valence-corrected chi connectivity index (χ3v) is 8.15. The number of imidazole rings is 1. The normalized spacial score (nSPS) is 20.4. The third-order valence-electron chi connectivity index (χ3n) is 7.61. The Morgan fingerprint density at radius 3 is 2.71 bits per heavy atom. The van der Waals surface area contributed by atoms with Crippen LogP contribution >= 0.6 is 23.2 Å². The lowest BCUT2D eigenvalue weighted by Crippen LogP contribution is -2.63. The molecule has 2 N–H and O–H groups in total. The van der Waals surface area contributed by atoms with Gasteiger partial charge in [0.15, 0.2) is 17.0 Å². The Labute approximate surface area is 230 Å². The van der Waals surface area contributed by atoms with E-state index in [4.69, 9.17) is 38.0 Å². The van der Waals surface area contributed by atoms with Crippen LogP contribution in [0, 0.1) is 11.8 Å². The second kappa shape index (κ2) is 9.75. The zero-order valence-electron chi connectivity index (χ0n) is 20.8. The van der Waals surface area contributed by atoms with E-state index in [1.165, 1.54) is 19.3 Å². The van der Waals surface area contributed by atoms with Crippen LogP contribution in [-0.2, 0) is 11.3 Å². The summed E-state index contributed by atoms with van der Waals surface area (Å²) < 4.78 is 7.81. The Bertz CT molecular complexity index is 1520. The van der Waals surface area contributed by atoms with Gasteiger partial charge in [0.25, 0.3) is 0 Å². The maximum absolute atomic E-state index is 11.1. The van der Waals surface area contributed by atoms with Crippen molar-refractivity contribution in [2.45, 2.75) is 44.7 Å². The van der Waals surface area contributed by atoms with Crippen molar-refractivity contribution in [2.24, 2.45) is 11.8 Å². The van der Waals surface area contributed by atoms with E-state index in [9.17, 15) is 4.79 Å². The summed E-state index contributed by atoms with van der Waals surface area (Å²) in [5.74, 6) is 1.49. The summed E-state index contributed by atoms with van der Waals surface area (Å²) in [6, 6.07) is 13.1. The molecule has 0 spiro atoms. The lowest BCUT2D eigenvalue weighted by molar-refractivity contribution is -0.141. The van der Waals surface area contributed by atoms with Crippen LogP contribution in [0.5, 0.6) is 5.75 Å². The highest BCUT2D eigenvalue weighted by Gasteiger charge is 2.57. The zero-order valence-corrected chi connectivity index (χ0v) is 22.3. The van der Waals surface area contributed by atoms with Gasteiger partial charge >= 0.3 is 5.97 Å². The number of aromatic nitrogens is 4. The number of halogens is 2. The van der Waals surface area contributed by atoms with Crippen LogP contribution in [0.4, 0.5) is 5.82 Å². The fourth-order valence-corrected chi connectivity index (χ4v) is 5.80. The van der Waals surface area contributed by atoms with Gasteiger partial charge in [-0.15, -0.1) is 0 Å². The number of carboxylic acid groups (broad SMARTS) is 1. The summed E-state index contributed by atoms with van der Waals surface area (Å²) >= 11 is 13.0. The smallest absolute Gasteiger partial charge is 0.306 e. The van der Waals surface area contributed by atoms with Crippen LogP contribution in [0.1, 0.15) is 38.2 Å². The highest BCUT2D eigenvalue weighted by Crippen LogP contribution is 2.58. The molecule has 0 amide bonds. The van der Waals surface area contributed by atoms with Crippen LogP contribution in [0.2, 0.25) is 10.0 Å². The lowest BCUT2D eigenvalue weighted by atomic mass is 9.50. The van der Waals surface area contributed by atoms with Crippen molar-refractivity contribution < 1.29 is 14.6 Å². The van der Waals surface area contributed by atoms with Gasteiger partial charge in [-0.1, -0.05) is 42.3 Å². The molecular formula is C28H27Cl2N5O3. The Morgan fingerprint density at radius 1 is 1.21 bits per heavy atom. The summed E-state index contributed by atoms with van der Waals surface area (Å²) in [6.45, 7) is 2.44. The standard InChI is InChI=1S/C28H27Cl2N5O3/c1-16(27(36)37)7-8-38-20-5-6-21(22(30)10-20)25-33-23-24(34-28-11-18(12-28)13-28)31-15-32-26(23)35(25)14-17-3-2-4-19(29)9-17/h2-6,9-10,15-16,18H,7-8,11-14H2,1H3,(H,36,37)(H,31,32,34). The molecule has 10 heteroatoms. The quantitative estimate of drug-likeness (QED) is 0.238. The number of benzene rings is 2. The minimum Gasteiger partial charge on any atom is -0.494 e. The van der Waals surface area contributed by atoms with Crippen molar-refractivity contribution in [1.29, 1.82) is 0 Å². The van der Waals surface area contributed by atoms with E-state index < -0.39 is 11.9 Å². The van der Waals surface area contributed by atoms with Gasteiger partial charge < -0.3 is 19.7 Å². The molecule has 3 saturated carbocycles. The first-order chi connectivity index (χ1) is 18.3. The maximum Gasteiger partial charge on any atom is 0.306 e. The van der Waals surface area contributed by atoms with Crippen LogP contribution in [-0.4, -0.2) is 42.7 Å². The number of hydrogen-bond acceptors (Lipinski definition) is 6. The van der Waals surface area contributed by atoms with Crippen LogP contribution in [0.3, 0.4) is 0 Å². The van der Waals surface area contributed by atoms with Crippen molar-refractivity contribution in [1.82, 2.24) is 19.5 Å². The number of ether oxygens (including phenoxy) is 1. The molecule has 38 heavy (non-hydrogen) atoms. The Hall–Kier alpha value is -3.36. The van der Waals surface area contributed by atoms with Gasteiger partial charge in [-0.25, -0.2) is 15.0 Å². The first kappa shape index (κ1) is 24.9. The molecule has 196 valence electrons. The number of nitrogens with zero attached hydrogens (tertiary/aromatic N) is 4. The summed E-state index contributed by atoms with van der Waals surface area (Å²) in [7, 11) is 0. The van der Waals surface area contributed by atoms with E-state index in [1.54, 1.807) is 19.3 Å². The minimum atomic E-state index is -0.841. The van der Waals surface area contributed by atoms with Gasteiger partial charge in [0, 0.05) is 16.1 Å². The van der Waals surface area contributed by atoms with Crippen molar-refractivity contribution in [3.8, 4) is 17.1 Å². The molecule has 7 rings (SSSR count). The molecule has 0 saturated heterocycles. The Kier molecular flexibility index (Phi) is 6.40. The molecule has 2 aromatic heterocycles. The number of carbonyl (C=O) groups is 1. The van der Waals surface area contributed by atoms with Gasteiger partial charge in [-0.3, -0.25) is 4.79 Å². The fraction of sp³-hybridized carbons (Fsp3) is 0.357. The largest absolute Gasteiger partial charge is 0.494 e. The molecule has 3 fully saturated rings. The predicted molar refractivity (Wildman–Crippen MR) is 147 cm³/mol. The number of anilines is 1. The van der Waals surface area contributed by atoms with Crippen LogP contribution < -0.4 is 10.1 Å². The highest BCUT2D eigenvalue weighted by molar-refractivity contribution is 6.33. The number of fused-ring (bicyclic) bond motifs is 1. The van der Waals surface area contributed by atoms with Crippen molar-refractivity contribution >= 4 is 46.2 Å². The van der Waals surface area contributed by atoms with Crippen LogP contribution in [0.15, 0.2) is 48.8 Å². The first-order valence-corrected chi connectivity index (χ1v) is 13.5. The maximum atomic E-state index is 11.1. The topological polar surface area (TPSA) is 102 Å². The summed E-state index contributed by atoms with van der Waals surface area (Å²) in [4.78, 5) is 25.2. The number of aliphatic carboxylic acids is 1. The van der Waals surface area contributed by atoms with Gasteiger partial charge in [0.2, 0.25) is 0 Å². The Balaban J connectivity index is 1.36. The van der Waals surface area contributed by atoms with Crippen LogP contribution in [0.25, 0.3) is 22.6 Å². The first-order valence-electron chi connectivity index (χ1n) is 12.7. The SMILES string of the molecule is CC(CCOc1ccc(-c2nc3c(NC45CC(C4)C5)ncnc3n2Cc2cccc(Cl)c2)c(Cl)c1)C(=O)O. The summed E-state index contributed by atoms with van der Waals surface area (Å²) in [5.41, 5.74) is 3.29. The molecule has 2 bridgehead atoms. The van der Waals surface area contributed by atoms with E-state index in [0.717, 1.165) is 22.9 Å². The van der Waals surface area contributed by atoms with Crippen molar-refractivity contribution in [3.63, 3.8) is 0 Å². The molecule has 3 aliphatic carbocycles. The van der Waals surface area contributed by atoms with Crippen molar-refractivity contribution in [3.05, 3.63) is 64.4 Å². The average molecular weight is 552 g/mol. The summed E-state index contributed by atoms with van der Waals surface area (Å²) in [6.07, 6.45) is 5.50. The molecule has 1 atom stereocenters. The van der Waals surface area contributed by atoms with E-state index in [1.807, 2.05) is 41.0 Å². The molecule has 0 radical (unpaired) electrons. The number of hydrogen-bond donors (Lipinski definition) is 2. The van der Waals surface area contributed by atoms with E-state index in [0.29, 0.717) is 45.7 Å². The molecular weight excluding hydrogens is 525 g/mol. The van der Waals surface area contributed by atoms with Crippen molar-refractivity contribution in [2.75, 3.05) is 11.9 Å². The molecule has 2 aromatic carbocycles. The fourth-order valence-electron chi connectivity index (χ4n) is 5.33. The zero-order chi connectivity index (χ0) is 26.4. The second-order valence-electron chi connectivity index (χ2n) is 10.4. The van der Waals surface area contributed by atoms with Gasteiger partial charge in [-0.2, -0.15) is 0 Å². The molecule has 3 aliphatic rings. The molecule has 4 aromatic rings. The van der Waals surface area contributed by atoms with Gasteiger partial charge in [0.1, 0.15) is 17.9 Å². The Morgan fingerprint density at radius 2 is 2.03 bits per heavy atom. The highest BCUT2D eigenvalue weighted by atomic mass is 35.5. The molecule has 1 unspecified atom stereocenters. The molecule has 0 aliphatic heterocycles. The predicted octanol–water partition coefficient (Wildman–Crippen LogP) is 6.30. The van der Waals surface area contributed by atoms with Gasteiger partial charge in [-0.05, 0) is 67.5 Å².